The first-order valence-corrected chi connectivity index (χ1v) is 6.26. The fourth-order valence-corrected chi connectivity index (χ4v) is 2.80. The molecule has 0 amide bonds. The topological polar surface area (TPSA) is 22.1 Å². The molecule has 1 aromatic heterocycles. The average molecular weight is 231 g/mol. The van der Waals surface area contributed by atoms with Crippen molar-refractivity contribution in [1.29, 1.82) is 0 Å². The second-order valence-electron chi connectivity index (χ2n) is 4.23. The van der Waals surface area contributed by atoms with Crippen molar-refractivity contribution in [2.75, 3.05) is 0 Å². The predicted molar refractivity (Wildman–Crippen MR) is 66.1 cm³/mol. The Morgan fingerprint density at radius 3 is 3.06 bits per heavy atom. The second kappa shape index (κ2) is 3.59. The summed E-state index contributed by atoms with van der Waals surface area (Å²) >= 11 is 1.74. The van der Waals surface area contributed by atoms with Gasteiger partial charge in [-0.05, 0) is 37.6 Å². The summed E-state index contributed by atoms with van der Waals surface area (Å²) in [5, 5.41) is 1.10. The number of ether oxygens (including phenoxy) is 1. The highest BCUT2D eigenvalue weighted by molar-refractivity contribution is 7.14. The van der Waals surface area contributed by atoms with Gasteiger partial charge in [0, 0.05) is 23.1 Å². The Morgan fingerprint density at radius 1 is 1.44 bits per heavy atom. The predicted octanol–water partition coefficient (Wildman–Crippen LogP) is 3.44. The Labute approximate surface area is 98.9 Å². The number of thiazole rings is 1. The summed E-state index contributed by atoms with van der Waals surface area (Å²) in [5.74, 6) is 1.03. The summed E-state index contributed by atoms with van der Waals surface area (Å²) in [7, 11) is 0. The molecule has 1 aliphatic rings. The smallest absolute Gasteiger partial charge is 0.123 e. The number of hydrogen-bond donors (Lipinski definition) is 0. The van der Waals surface area contributed by atoms with E-state index in [0.29, 0.717) is 6.10 Å². The van der Waals surface area contributed by atoms with Crippen LogP contribution in [0.5, 0.6) is 5.75 Å². The lowest BCUT2D eigenvalue weighted by Crippen LogP contribution is -2.05. The molecule has 3 rings (SSSR count). The number of rotatable bonds is 1. The summed E-state index contributed by atoms with van der Waals surface area (Å²) in [4.78, 5) is 5.66. The molecule has 1 aromatic carbocycles. The van der Waals surface area contributed by atoms with Crippen LogP contribution in [0.1, 0.15) is 17.4 Å². The number of aryl methyl sites for hydroxylation is 1. The van der Waals surface area contributed by atoms with Crippen LogP contribution >= 0.6 is 11.3 Å². The molecule has 2 aromatic rings. The first kappa shape index (κ1) is 9.85. The summed E-state index contributed by atoms with van der Waals surface area (Å²) in [6.07, 6.45) is 3.24. The van der Waals surface area contributed by atoms with Crippen LogP contribution in [0.3, 0.4) is 0 Å². The van der Waals surface area contributed by atoms with Gasteiger partial charge in [0.1, 0.15) is 16.9 Å². The zero-order chi connectivity index (χ0) is 11.1. The van der Waals surface area contributed by atoms with Crippen LogP contribution in [0, 0.1) is 6.92 Å². The molecule has 0 radical (unpaired) electrons. The minimum absolute atomic E-state index is 0.309. The van der Waals surface area contributed by atoms with Crippen LogP contribution in [-0.2, 0) is 6.42 Å². The number of hydrogen-bond acceptors (Lipinski definition) is 3. The molecule has 1 aliphatic heterocycles. The standard InChI is InChI=1S/C13H13NOS/c1-8-5-11-6-10(3-4-12(11)15-8)13-14-7-9(2)16-13/h3-4,6-8H,5H2,1-2H3. The normalized spacial score (nSPS) is 18.2. The van der Waals surface area contributed by atoms with Gasteiger partial charge in [0.15, 0.2) is 0 Å². The maximum absolute atomic E-state index is 5.69. The Hall–Kier alpha value is -1.35. The van der Waals surface area contributed by atoms with Crippen LogP contribution in [0.2, 0.25) is 0 Å². The number of nitrogens with zero attached hydrogens (tertiary/aromatic N) is 1. The molecule has 2 nitrogen and oxygen atoms in total. The van der Waals surface area contributed by atoms with Gasteiger partial charge in [-0.15, -0.1) is 11.3 Å². The lowest BCUT2D eigenvalue weighted by molar-refractivity contribution is 0.254. The molecule has 2 heterocycles. The summed E-state index contributed by atoms with van der Waals surface area (Å²) in [6.45, 7) is 4.19. The number of benzene rings is 1. The SMILES string of the molecule is Cc1cnc(-c2ccc3c(c2)CC(C)O3)s1. The van der Waals surface area contributed by atoms with Gasteiger partial charge in [-0.3, -0.25) is 0 Å². The molecule has 1 atom stereocenters. The molecule has 0 aliphatic carbocycles. The van der Waals surface area contributed by atoms with E-state index in [-0.39, 0.29) is 0 Å². The third-order valence-corrected chi connectivity index (χ3v) is 3.73. The Morgan fingerprint density at radius 2 is 2.31 bits per heavy atom. The van der Waals surface area contributed by atoms with Crippen LogP contribution in [0.4, 0.5) is 0 Å². The average Bonchev–Trinajstić information content (AvgIpc) is 2.81. The van der Waals surface area contributed by atoms with Crippen molar-refractivity contribution in [1.82, 2.24) is 4.98 Å². The molecule has 0 N–H and O–H groups in total. The number of aromatic nitrogens is 1. The molecule has 0 saturated heterocycles. The monoisotopic (exact) mass is 231 g/mol. The first-order valence-electron chi connectivity index (χ1n) is 5.45. The van der Waals surface area contributed by atoms with Crippen molar-refractivity contribution >= 4 is 11.3 Å². The lowest BCUT2D eigenvalue weighted by atomic mass is 10.1. The van der Waals surface area contributed by atoms with Crippen molar-refractivity contribution in [2.45, 2.75) is 26.4 Å². The summed E-state index contributed by atoms with van der Waals surface area (Å²) in [5.41, 5.74) is 2.51. The third-order valence-electron chi connectivity index (χ3n) is 2.76. The highest BCUT2D eigenvalue weighted by Gasteiger charge is 2.19. The molecule has 0 spiro atoms. The molecule has 0 saturated carbocycles. The van der Waals surface area contributed by atoms with Crippen molar-refractivity contribution in [3.05, 3.63) is 34.8 Å². The van der Waals surface area contributed by atoms with E-state index < -0.39 is 0 Å². The fourth-order valence-electron chi connectivity index (χ4n) is 2.04. The van der Waals surface area contributed by atoms with Crippen molar-refractivity contribution in [2.24, 2.45) is 0 Å². The Bertz CT molecular complexity index is 532. The largest absolute Gasteiger partial charge is 0.490 e. The summed E-state index contributed by atoms with van der Waals surface area (Å²) < 4.78 is 5.69. The fraction of sp³-hybridized carbons (Fsp3) is 0.308. The molecule has 1 unspecified atom stereocenters. The van der Waals surface area contributed by atoms with Crippen LogP contribution in [0.15, 0.2) is 24.4 Å². The van der Waals surface area contributed by atoms with Crippen molar-refractivity contribution in [3.8, 4) is 16.3 Å². The van der Waals surface area contributed by atoms with E-state index in [0.717, 1.165) is 17.2 Å². The van der Waals surface area contributed by atoms with Crippen molar-refractivity contribution < 1.29 is 4.74 Å². The molecule has 3 heteroatoms. The van der Waals surface area contributed by atoms with E-state index in [1.54, 1.807) is 11.3 Å². The zero-order valence-corrected chi connectivity index (χ0v) is 10.2. The molecule has 16 heavy (non-hydrogen) atoms. The van der Waals surface area contributed by atoms with Gasteiger partial charge in [-0.25, -0.2) is 4.98 Å². The van der Waals surface area contributed by atoms with Gasteiger partial charge in [-0.2, -0.15) is 0 Å². The van der Waals surface area contributed by atoms with Crippen LogP contribution < -0.4 is 4.74 Å². The van der Waals surface area contributed by atoms with Crippen LogP contribution in [-0.4, -0.2) is 11.1 Å². The maximum Gasteiger partial charge on any atom is 0.123 e. The Balaban J connectivity index is 2.02. The summed E-state index contributed by atoms with van der Waals surface area (Å²) in [6, 6.07) is 6.36. The van der Waals surface area contributed by atoms with Gasteiger partial charge in [0.05, 0.1) is 0 Å². The third kappa shape index (κ3) is 1.61. The van der Waals surface area contributed by atoms with E-state index in [1.807, 2.05) is 6.20 Å². The molecular weight excluding hydrogens is 218 g/mol. The van der Waals surface area contributed by atoms with Crippen LogP contribution in [0.25, 0.3) is 10.6 Å². The van der Waals surface area contributed by atoms with E-state index in [1.165, 1.54) is 16.0 Å². The van der Waals surface area contributed by atoms with Gasteiger partial charge in [0.25, 0.3) is 0 Å². The lowest BCUT2D eigenvalue weighted by Gasteiger charge is -2.02. The molecule has 0 bridgehead atoms. The van der Waals surface area contributed by atoms with E-state index in [9.17, 15) is 0 Å². The highest BCUT2D eigenvalue weighted by atomic mass is 32.1. The maximum atomic E-state index is 5.69. The zero-order valence-electron chi connectivity index (χ0n) is 9.36. The first-order chi connectivity index (χ1) is 7.72. The van der Waals surface area contributed by atoms with E-state index >= 15 is 0 Å². The van der Waals surface area contributed by atoms with Gasteiger partial charge < -0.3 is 4.74 Å². The quantitative estimate of drug-likeness (QED) is 0.750. The molecule has 82 valence electrons. The highest BCUT2D eigenvalue weighted by Crippen LogP contribution is 2.33. The van der Waals surface area contributed by atoms with Crippen molar-refractivity contribution in [3.63, 3.8) is 0 Å². The Kier molecular flexibility index (Phi) is 2.21. The van der Waals surface area contributed by atoms with E-state index in [4.69, 9.17) is 4.74 Å². The number of fused-ring (bicyclic) bond motifs is 1. The van der Waals surface area contributed by atoms with E-state index in [2.05, 4.69) is 37.0 Å². The molecular formula is C13H13NOS. The van der Waals surface area contributed by atoms with Gasteiger partial charge >= 0.3 is 0 Å². The van der Waals surface area contributed by atoms with Gasteiger partial charge in [0.2, 0.25) is 0 Å². The van der Waals surface area contributed by atoms with Gasteiger partial charge in [-0.1, -0.05) is 0 Å². The minimum atomic E-state index is 0.309. The molecule has 0 fully saturated rings. The second-order valence-corrected chi connectivity index (χ2v) is 5.47. The minimum Gasteiger partial charge on any atom is -0.490 e.